The molecule has 1 rings (SSSR count). The lowest BCUT2D eigenvalue weighted by Crippen LogP contribution is -2.11. The van der Waals surface area contributed by atoms with Crippen molar-refractivity contribution in [3.63, 3.8) is 0 Å². The van der Waals surface area contributed by atoms with Gasteiger partial charge in [-0.3, -0.25) is 4.79 Å². The Kier molecular flexibility index (Phi) is 4.88. The van der Waals surface area contributed by atoms with Crippen molar-refractivity contribution in [3.8, 4) is 0 Å². The largest absolute Gasteiger partial charge is 0.463 e. The summed E-state index contributed by atoms with van der Waals surface area (Å²) in [5.74, 6) is -0.0964. The maximum absolute atomic E-state index is 11.2. The molecule has 0 amide bonds. The van der Waals surface area contributed by atoms with Crippen LogP contribution >= 0.6 is 0 Å². The van der Waals surface area contributed by atoms with Crippen molar-refractivity contribution in [2.45, 2.75) is 39.2 Å². The van der Waals surface area contributed by atoms with E-state index in [0.717, 1.165) is 12.8 Å². The Morgan fingerprint density at radius 2 is 1.93 bits per heavy atom. The molecule has 82 valence electrons. The smallest absolute Gasteiger partial charge is 0.306 e. The quantitative estimate of drug-likeness (QED) is 0.692. The van der Waals surface area contributed by atoms with E-state index in [4.69, 9.17) is 4.74 Å². The second-order valence-corrected chi connectivity index (χ2v) is 3.88. The number of carbonyl (C=O) groups is 1. The Hall–Kier alpha value is -1.31. The number of carbonyl (C=O) groups excluding carboxylic acids is 1. The zero-order valence-corrected chi connectivity index (χ0v) is 9.40. The number of rotatable bonds is 5. The lowest BCUT2D eigenvalue weighted by Gasteiger charge is -2.07. The van der Waals surface area contributed by atoms with Crippen LogP contribution in [-0.2, 0) is 16.0 Å². The second kappa shape index (κ2) is 6.23. The van der Waals surface area contributed by atoms with Crippen molar-refractivity contribution in [3.05, 3.63) is 35.9 Å². The van der Waals surface area contributed by atoms with Crippen LogP contribution < -0.4 is 0 Å². The topological polar surface area (TPSA) is 26.3 Å². The summed E-state index contributed by atoms with van der Waals surface area (Å²) < 4.78 is 5.05. The van der Waals surface area contributed by atoms with E-state index in [9.17, 15) is 4.79 Å². The minimum Gasteiger partial charge on any atom is -0.463 e. The Balaban J connectivity index is 2.19. The third-order valence-electron chi connectivity index (χ3n) is 2.06. The molecule has 0 spiro atoms. The molecule has 0 fully saturated rings. The summed E-state index contributed by atoms with van der Waals surface area (Å²) >= 11 is 0. The first kappa shape index (κ1) is 11.8. The van der Waals surface area contributed by atoms with Gasteiger partial charge in [0.25, 0.3) is 0 Å². The minimum atomic E-state index is -0.0964. The molecule has 0 saturated heterocycles. The van der Waals surface area contributed by atoms with Crippen LogP contribution in [0.5, 0.6) is 0 Å². The van der Waals surface area contributed by atoms with Gasteiger partial charge >= 0.3 is 5.97 Å². The van der Waals surface area contributed by atoms with Gasteiger partial charge in [0.05, 0.1) is 6.10 Å². The molecule has 1 aromatic carbocycles. The Morgan fingerprint density at radius 3 is 2.53 bits per heavy atom. The van der Waals surface area contributed by atoms with Gasteiger partial charge in [0.15, 0.2) is 0 Å². The summed E-state index contributed by atoms with van der Waals surface area (Å²) in [5.41, 5.74) is 1.27. The molecule has 0 radical (unpaired) electrons. The average molecular weight is 206 g/mol. The monoisotopic (exact) mass is 206 g/mol. The van der Waals surface area contributed by atoms with E-state index < -0.39 is 0 Å². The van der Waals surface area contributed by atoms with Crippen molar-refractivity contribution in [1.82, 2.24) is 0 Å². The first-order valence-electron chi connectivity index (χ1n) is 5.42. The summed E-state index contributed by atoms with van der Waals surface area (Å²) in [7, 11) is 0. The first-order valence-corrected chi connectivity index (χ1v) is 5.42. The third kappa shape index (κ3) is 5.21. The second-order valence-electron chi connectivity index (χ2n) is 3.88. The Bertz CT molecular complexity index is 291. The molecule has 15 heavy (non-hydrogen) atoms. The lowest BCUT2D eigenvalue weighted by molar-refractivity contribution is -0.147. The molecule has 0 aliphatic rings. The minimum absolute atomic E-state index is 0.00535. The van der Waals surface area contributed by atoms with E-state index in [2.05, 4.69) is 12.1 Å². The van der Waals surface area contributed by atoms with Crippen LogP contribution in [0.4, 0.5) is 0 Å². The van der Waals surface area contributed by atoms with Gasteiger partial charge in [-0.05, 0) is 32.3 Å². The molecule has 2 heteroatoms. The average Bonchev–Trinajstić information content (AvgIpc) is 2.18. The van der Waals surface area contributed by atoms with Crippen LogP contribution in [0, 0.1) is 0 Å². The molecule has 0 atom stereocenters. The third-order valence-corrected chi connectivity index (χ3v) is 2.06. The number of esters is 1. The fourth-order valence-corrected chi connectivity index (χ4v) is 1.40. The van der Waals surface area contributed by atoms with E-state index in [1.54, 1.807) is 0 Å². The lowest BCUT2D eigenvalue weighted by atomic mass is 10.1. The number of hydrogen-bond donors (Lipinski definition) is 0. The van der Waals surface area contributed by atoms with Crippen molar-refractivity contribution >= 4 is 5.97 Å². The van der Waals surface area contributed by atoms with Gasteiger partial charge in [-0.1, -0.05) is 30.3 Å². The maximum Gasteiger partial charge on any atom is 0.306 e. The molecule has 0 unspecified atom stereocenters. The van der Waals surface area contributed by atoms with Gasteiger partial charge in [0.1, 0.15) is 0 Å². The predicted molar refractivity (Wildman–Crippen MR) is 60.6 cm³/mol. The zero-order valence-electron chi connectivity index (χ0n) is 9.40. The van der Waals surface area contributed by atoms with Crippen LogP contribution in [0.2, 0.25) is 0 Å². The van der Waals surface area contributed by atoms with Crippen LogP contribution in [-0.4, -0.2) is 12.1 Å². The van der Waals surface area contributed by atoms with Crippen LogP contribution in [0.25, 0.3) is 0 Å². The number of aryl methyl sites for hydroxylation is 1. The number of ether oxygens (including phenoxy) is 1. The fraction of sp³-hybridized carbons (Fsp3) is 0.462. The van der Waals surface area contributed by atoms with E-state index in [0.29, 0.717) is 6.42 Å². The van der Waals surface area contributed by atoms with Crippen LogP contribution in [0.3, 0.4) is 0 Å². The standard InChI is InChI=1S/C13H18O2/c1-11(2)15-13(14)10-6-9-12-7-4-3-5-8-12/h3-5,7-8,11H,6,9-10H2,1-2H3. The molecular weight excluding hydrogens is 188 g/mol. The van der Waals surface area contributed by atoms with Crippen LogP contribution in [0.1, 0.15) is 32.3 Å². The van der Waals surface area contributed by atoms with Gasteiger partial charge in [-0.25, -0.2) is 0 Å². The highest BCUT2D eigenvalue weighted by Gasteiger charge is 2.04. The summed E-state index contributed by atoms with van der Waals surface area (Å²) in [6.07, 6.45) is 2.30. The maximum atomic E-state index is 11.2. The van der Waals surface area contributed by atoms with Crippen molar-refractivity contribution in [1.29, 1.82) is 0 Å². The Morgan fingerprint density at radius 1 is 1.27 bits per heavy atom. The van der Waals surface area contributed by atoms with Gasteiger partial charge in [0, 0.05) is 6.42 Å². The highest BCUT2D eigenvalue weighted by atomic mass is 16.5. The van der Waals surface area contributed by atoms with E-state index in [1.165, 1.54) is 5.56 Å². The summed E-state index contributed by atoms with van der Waals surface area (Å²) in [4.78, 5) is 11.2. The first-order chi connectivity index (χ1) is 7.18. The summed E-state index contributed by atoms with van der Waals surface area (Å²) in [6.45, 7) is 3.74. The van der Waals surface area contributed by atoms with E-state index in [1.807, 2.05) is 32.0 Å². The van der Waals surface area contributed by atoms with Crippen LogP contribution in [0.15, 0.2) is 30.3 Å². The molecule has 0 saturated carbocycles. The molecular formula is C13H18O2. The molecule has 0 heterocycles. The molecule has 0 aromatic heterocycles. The SMILES string of the molecule is CC(C)OC(=O)CCCc1ccccc1. The van der Waals surface area contributed by atoms with Crippen molar-refractivity contribution < 1.29 is 9.53 Å². The van der Waals surface area contributed by atoms with Crippen molar-refractivity contribution in [2.24, 2.45) is 0 Å². The van der Waals surface area contributed by atoms with Gasteiger partial charge in [0.2, 0.25) is 0 Å². The molecule has 0 bridgehead atoms. The normalized spacial score (nSPS) is 10.3. The molecule has 1 aromatic rings. The highest BCUT2D eigenvalue weighted by molar-refractivity contribution is 5.69. The number of benzene rings is 1. The molecule has 0 aliphatic carbocycles. The molecule has 2 nitrogen and oxygen atoms in total. The molecule has 0 aliphatic heterocycles. The zero-order chi connectivity index (χ0) is 11.1. The van der Waals surface area contributed by atoms with Crippen molar-refractivity contribution in [2.75, 3.05) is 0 Å². The molecule has 0 N–H and O–H groups in total. The van der Waals surface area contributed by atoms with E-state index >= 15 is 0 Å². The number of hydrogen-bond acceptors (Lipinski definition) is 2. The highest BCUT2D eigenvalue weighted by Crippen LogP contribution is 2.05. The van der Waals surface area contributed by atoms with E-state index in [-0.39, 0.29) is 12.1 Å². The Labute approximate surface area is 91.3 Å². The van der Waals surface area contributed by atoms with Gasteiger partial charge < -0.3 is 4.74 Å². The predicted octanol–water partition coefficient (Wildman–Crippen LogP) is 2.96. The van der Waals surface area contributed by atoms with Gasteiger partial charge in [-0.15, -0.1) is 0 Å². The fourth-order valence-electron chi connectivity index (χ4n) is 1.40. The summed E-state index contributed by atoms with van der Waals surface area (Å²) in [6, 6.07) is 10.2. The summed E-state index contributed by atoms with van der Waals surface area (Å²) in [5, 5.41) is 0. The van der Waals surface area contributed by atoms with Gasteiger partial charge in [-0.2, -0.15) is 0 Å².